The summed E-state index contributed by atoms with van der Waals surface area (Å²) in [5.74, 6) is 0.701. The molecule has 0 aliphatic heterocycles. The van der Waals surface area contributed by atoms with E-state index >= 15 is 0 Å². The SMILES string of the molecule is Cn1c(=O)n(C[C@H](O)COc2ccccc2)c2ccccc21. The average molecular weight is 298 g/mol. The molecule has 1 aromatic heterocycles. The Kier molecular flexibility index (Phi) is 3.98. The Morgan fingerprint density at radius 3 is 2.41 bits per heavy atom. The van der Waals surface area contributed by atoms with Gasteiger partial charge in [0.2, 0.25) is 0 Å². The second kappa shape index (κ2) is 6.07. The van der Waals surface area contributed by atoms with E-state index in [4.69, 9.17) is 4.74 Å². The number of nitrogens with zero attached hydrogens (tertiary/aromatic N) is 2. The summed E-state index contributed by atoms with van der Waals surface area (Å²) in [4.78, 5) is 12.3. The first kappa shape index (κ1) is 14.4. The molecule has 3 aromatic rings. The predicted octanol–water partition coefficient (Wildman–Crippen LogP) is 1.78. The zero-order valence-electron chi connectivity index (χ0n) is 12.3. The van der Waals surface area contributed by atoms with E-state index in [-0.39, 0.29) is 18.8 Å². The van der Waals surface area contributed by atoms with Gasteiger partial charge in [-0.1, -0.05) is 30.3 Å². The van der Waals surface area contributed by atoms with Crippen LogP contribution in [0.15, 0.2) is 59.4 Å². The Balaban J connectivity index is 1.76. The molecule has 0 fully saturated rings. The number of hydrogen-bond donors (Lipinski definition) is 1. The molecule has 22 heavy (non-hydrogen) atoms. The molecular formula is C17H18N2O3. The second-order valence-corrected chi connectivity index (χ2v) is 5.22. The minimum Gasteiger partial charge on any atom is -0.491 e. The van der Waals surface area contributed by atoms with Crippen molar-refractivity contribution >= 4 is 11.0 Å². The molecular weight excluding hydrogens is 280 g/mol. The summed E-state index contributed by atoms with van der Waals surface area (Å²) < 4.78 is 8.69. The van der Waals surface area contributed by atoms with E-state index in [1.54, 1.807) is 16.2 Å². The van der Waals surface area contributed by atoms with E-state index in [2.05, 4.69) is 0 Å². The van der Waals surface area contributed by atoms with Gasteiger partial charge >= 0.3 is 5.69 Å². The van der Waals surface area contributed by atoms with Gasteiger partial charge in [0.15, 0.2) is 0 Å². The van der Waals surface area contributed by atoms with E-state index in [0.29, 0.717) is 5.75 Å². The Labute approximate surface area is 128 Å². The summed E-state index contributed by atoms with van der Waals surface area (Å²) in [6.45, 7) is 0.340. The Hall–Kier alpha value is -2.53. The number of imidazole rings is 1. The molecule has 114 valence electrons. The molecule has 0 saturated heterocycles. The number of ether oxygens (including phenoxy) is 1. The van der Waals surface area contributed by atoms with Crippen molar-refractivity contribution in [3.63, 3.8) is 0 Å². The number of hydrogen-bond acceptors (Lipinski definition) is 3. The van der Waals surface area contributed by atoms with Crippen LogP contribution in [0.25, 0.3) is 11.0 Å². The number of para-hydroxylation sites is 3. The highest BCUT2D eigenvalue weighted by atomic mass is 16.5. The topological polar surface area (TPSA) is 56.4 Å². The molecule has 5 nitrogen and oxygen atoms in total. The third-order valence-electron chi connectivity index (χ3n) is 3.63. The molecule has 3 rings (SSSR count). The molecule has 5 heteroatoms. The minimum atomic E-state index is -0.760. The Morgan fingerprint density at radius 1 is 1.05 bits per heavy atom. The first-order valence-electron chi connectivity index (χ1n) is 7.17. The molecule has 0 aliphatic carbocycles. The van der Waals surface area contributed by atoms with Gasteiger partial charge < -0.3 is 9.84 Å². The van der Waals surface area contributed by atoms with Crippen molar-refractivity contribution in [2.45, 2.75) is 12.6 Å². The van der Waals surface area contributed by atoms with Crippen LogP contribution >= 0.6 is 0 Å². The zero-order valence-corrected chi connectivity index (χ0v) is 12.3. The van der Waals surface area contributed by atoms with Crippen molar-refractivity contribution in [2.75, 3.05) is 6.61 Å². The molecule has 0 amide bonds. The molecule has 0 aliphatic rings. The molecule has 0 unspecified atom stereocenters. The first-order valence-corrected chi connectivity index (χ1v) is 7.17. The number of aromatic nitrogens is 2. The van der Waals surface area contributed by atoms with Crippen molar-refractivity contribution in [2.24, 2.45) is 7.05 Å². The maximum atomic E-state index is 12.3. The van der Waals surface area contributed by atoms with E-state index in [1.165, 1.54) is 0 Å². The fourth-order valence-electron chi connectivity index (χ4n) is 2.51. The zero-order chi connectivity index (χ0) is 15.5. The van der Waals surface area contributed by atoms with Crippen LogP contribution in [0.5, 0.6) is 5.75 Å². The smallest absolute Gasteiger partial charge is 0.328 e. The van der Waals surface area contributed by atoms with Gasteiger partial charge in [0.25, 0.3) is 0 Å². The van der Waals surface area contributed by atoms with Crippen molar-refractivity contribution in [3.8, 4) is 5.75 Å². The van der Waals surface area contributed by atoms with Crippen molar-refractivity contribution in [3.05, 3.63) is 65.1 Å². The highest BCUT2D eigenvalue weighted by Crippen LogP contribution is 2.13. The van der Waals surface area contributed by atoms with Crippen LogP contribution in [0.1, 0.15) is 0 Å². The third kappa shape index (κ3) is 2.76. The van der Waals surface area contributed by atoms with Crippen LogP contribution in [0, 0.1) is 0 Å². The molecule has 1 atom stereocenters. The maximum Gasteiger partial charge on any atom is 0.328 e. The van der Waals surface area contributed by atoms with Gasteiger partial charge in [-0.2, -0.15) is 0 Å². The maximum absolute atomic E-state index is 12.3. The summed E-state index contributed by atoms with van der Waals surface area (Å²) in [5, 5.41) is 10.2. The molecule has 1 heterocycles. The molecule has 0 saturated carbocycles. The number of fused-ring (bicyclic) bond motifs is 1. The van der Waals surface area contributed by atoms with Gasteiger partial charge in [0.05, 0.1) is 17.6 Å². The van der Waals surface area contributed by atoms with Crippen LogP contribution in [0.2, 0.25) is 0 Å². The van der Waals surface area contributed by atoms with Crippen molar-refractivity contribution < 1.29 is 9.84 Å². The quantitative estimate of drug-likeness (QED) is 0.781. The van der Waals surface area contributed by atoms with Gasteiger partial charge in [-0.05, 0) is 24.3 Å². The summed E-state index contributed by atoms with van der Waals surface area (Å²) in [5.41, 5.74) is 1.53. The highest BCUT2D eigenvalue weighted by Gasteiger charge is 2.14. The molecule has 1 N–H and O–H groups in total. The number of benzene rings is 2. The molecule has 0 spiro atoms. The largest absolute Gasteiger partial charge is 0.491 e. The first-order chi connectivity index (χ1) is 10.7. The lowest BCUT2D eigenvalue weighted by molar-refractivity contribution is 0.0925. The van der Waals surface area contributed by atoms with Gasteiger partial charge in [-0.25, -0.2) is 4.79 Å². The number of rotatable bonds is 5. The third-order valence-corrected chi connectivity index (χ3v) is 3.63. The van der Waals surface area contributed by atoms with Gasteiger partial charge in [0, 0.05) is 7.05 Å². The molecule has 0 radical (unpaired) electrons. The van der Waals surface area contributed by atoms with Crippen molar-refractivity contribution in [1.82, 2.24) is 9.13 Å². The van der Waals surface area contributed by atoms with Crippen molar-refractivity contribution in [1.29, 1.82) is 0 Å². The monoisotopic (exact) mass is 298 g/mol. The lowest BCUT2D eigenvalue weighted by Crippen LogP contribution is -2.30. The predicted molar refractivity (Wildman–Crippen MR) is 85.1 cm³/mol. The molecule has 0 bridgehead atoms. The summed E-state index contributed by atoms with van der Waals surface area (Å²) in [7, 11) is 1.73. The second-order valence-electron chi connectivity index (χ2n) is 5.22. The average Bonchev–Trinajstić information content (AvgIpc) is 2.79. The van der Waals surface area contributed by atoms with E-state index in [0.717, 1.165) is 11.0 Å². The number of aryl methyl sites for hydroxylation is 1. The van der Waals surface area contributed by atoms with Gasteiger partial charge in [-0.3, -0.25) is 9.13 Å². The summed E-state index contributed by atoms with van der Waals surface area (Å²) in [6.07, 6.45) is -0.760. The van der Waals surface area contributed by atoms with Crippen LogP contribution in [-0.2, 0) is 13.6 Å². The summed E-state index contributed by atoms with van der Waals surface area (Å²) in [6, 6.07) is 16.8. The highest BCUT2D eigenvalue weighted by molar-refractivity contribution is 5.75. The van der Waals surface area contributed by atoms with Crippen LogP contribution < -0.4 is 10.4 Å². The number of aliphatic hydroxyl groups is 1. The fraction of sp³-hybridized carbons (Fsp3) is 0.235. The fourth-order valence-corrected chi connectivity index (χ4v) is 2.51. The number of aliphatic hydroxyl groups excluding tert-OH is 1. The minimum absolute atomic E-state index is 0.139. The normalized spacial score (nSPS) is 12.5. The van der Waals surface area contributed by atoms with E-state index in [1.807, 2.05) is 54.6 Å². The molecule has 2 aromatic carbocycles. The standard InChI is InChI=1S/C17H18N2O3/c1-18-15-9-5-6-10-16(15)19(17(18)21)11-13(20)12-22-14-7-3-2-4-8-14/h2-10,13,20H,11-12H2,1H3/t13-/m0/s1. The van der Waals surface area contributed by atoms with Crippen LogP contribution in [0.3, 0.4) is 0 Å². The van der Waals surface area contributed by atoms with Crippen LogP contribution in [0.4, 0.5) is 0 Å². The lowest BCUT2D eigenvalue weighted by Gasteiger charge is -2.13. The van der Waals surface area contributed by atoms with E-state index < -0.39 is 6.10 Å². The van der Waals surface area contributed by atoms with Gasteiger partial charge in [-0.15, -0.1) is 0 Å². The van der Waals surface area contributed by atoms with Gasteiger partial charge in [0.1, 0.15) is 18.5 Å². The lowest BCUT2D eigenvalue weighted by atomic mass is 10.3. The van der Waals surface area contributed by atoms with E-state index in [9.17, 15) is 9.90 Å². The Bertz CT molecular complexity index is 821. The Morgan fingerprint density at radius 2 is 1.68 bits per heavy atom. The van der Waals surface area contributed by atoms with Crippen LogP contribution in [-0.4, -0.2) is 27.0 Å². The summed E-state index contributed by atoms with van der Waals surface area (Å²) >= 11 is 0.